The number of aliphatic carboxylic acids is 1. The largest absolute Gasteiger partial charge is 0.492 e. The summed E-state index contributed by atoms with van der Waals surface area (Å²) < 4.78 is 5.36. The minimum absolute atomic E-state index is 0.130. The molecule has 0 atom stereocenters. The highest BCUT2D eigenvalue weighted by molar-refractivity contribution is 5.98. The van der Waals surface area contributed by atoms with Crippen LogP contribution in [-0.2, 0) is 9.59 Å². The molecule has 0 aromatic heterocycles. The Hall–Kier alpha value is -2.37. The van der Waals surface area contributed by atoms with Gasteiger partial charge in [-0.25, -0.2) is 0 Å². The van der Waals surface area contributed by atoms with Crippen LogP contribution in [0.25, 0.3) is 0 Å². The number of ether oxygens (including phenoxy) is 1. The van der Waals surface area contributed by atoms with E-state index in [0.29, 0.717) is 23.6 Å². The Morgan fingerprint density at radius 2 is 1.95 bits per heavy atom. The van der Waals surface area contributed by atoms with E-state index in [4.69, 9.17) is 9.84 Å². The van der Waals surface area contributed by atoms with Gasteiger partial charge in [-0.15, -0.1) is 0 Å². The van der Waals surface area contributed by atoms with Gasteiger partial charge in [-0.05, 0) is 32.0 Å². The van der Waals surface area contributed by atoms with Crippen LogP contribution in [0.1, 0.15) is 37.0 Å². The predicted molar refractivity (Wildman–Crippen MR) is 73.1 cm³/mol. The number of carbonyl (C=O) groups is 3. The first-order valence-electron chi connectivity index (χ1n) is 6.23. The van der Waals surface area contributed by atoms with E-state index in [2.05, 4.69) is 5.32 Å². The van der Waals surface area contributed by atoms with Gasteiger partial charge in [0, 0.05) is 12.0 Å². The van der Waals surface area contributed by atoms with Crippen molar-refractivity contribution in [3.63, 3.8) is 0 Å². The maximum absolute atomic E-state index is 11.6. The molecule has 0 aliphatic heterocycles. The molecule has 1 rings (SSSR count). The predicted octanol–water partition coefficient (Wildman–Crippen LogP) is 2.09. The summed E-state index contributed by atoms with van der Waals surface area (Å²) in [5, 5.41) is 11.1. The lowest BCUT2D eigenvalue weighted by Gasteiger charge is -2.12. The first kappa shape index (κ1) is 15.7. The van der Waals surface area contributed by atoms with Crippen LogP contribution in [0.2, 0.25) is 0 Å². The van der Waals surface area contributed by atoms with Crippen molar-refractivity contribution in [3.8, 4) is 5.75 Å². The number of rotatable bonds is 7. The lowest BCUT2D eigenvalue weighted by molar-refractivity contribution is -0.138. The number of carbonyl (C=O) groups excluding carboxylic acids is 2. The monoisotopic (exact) mass is 279 g/mol. The lowest BCUT2D eigenvalue weighted by Crippen LogP contribution is -2.14. The van der Waals surface area contributed by atoms with Crippen molar-refractivity contribution >= 4 is 23.3 Å². The third-order valence-corrected chi connectivity index (χ3v) is 2.53. The summed E-state index contributed by atoms with van der Waals surface area (Å²) in [6.45, 7) is 3.64. The number of anilines is 1. The van der Waals surface area contributed by atoms with Gasteiger partial charge in [0.2, 0.25) is 5.91 Å². The fraction of sp³-hybridized carbons (Fsp3) is 0.357. The molecule has 0 fully saturated rings. The fourth-order valence-corrected chi connectivity index (χ4v) is 1.56. The molecule has 0 bridgehead atoms. The van der Waals surface area contributed by atoms with Crippen LogP contribution in [0.5, 0.6) is 5.75 Å². The van der Waals surface area contributed by atoms with Gasteiger partial charge in [0.15, 0.2) is 5.78 Å². The average Bonchev–Trinajstić information content (AvgIpc) is 2.38. The lowest BCUT2D eigenvalue weighted by atomic mass is 10.1. The van der Waals surface area contributed by atoms with E-state index < -0.39 is 11.9 Å². The number of Topliss-reactive ketones (excluding diaryl/α,β-unsaturated/α-hetero) is 1. The van der Waals surface area contributed by atoms with Gasteiger partial charge in [0.05, 0.1) is 18.7 Å². The van der Waals surface area contributed by atoms with Gasteiger partial charge < -0.3 is 15.2 Å². The van der Waals surface area contributed by atoms with Crippen LogP contribution in [0.4, 0.5) is 5.69 Å². The fourth-order valence-electron chi connectivity index (χ4n) is 1.56. The number of carboxylic acids is 1. The Bertz CT molecular complexity index is 524. The Morgan fingerprint density at radius 1 is 1.25 bits per heavy atom. The zero-order chi connectivity index (χ0) is 15.1. The molecule has 0 radical (unpaired) electrons. The molecule has 0 saturated carbocycles. The third-order valence-electron chi connectivity index (χ3n) is 2.53. The zero-order valence-electron chi connectivity index (χ0n) is 11.4. The SMILES string of the molecule is CCOc1ccc(C(C)=O)cc1NC(=O)CCC(=O)O. The molecule has 1 aromatic carbocycles. The number of carboxylic acid groups (broad SMARTS) is 1. The maximum Gasteiger partial charge on any atom is 0.303 e. The Balaban J connectivity index is 2.89. The molecule has 0 aliphatic rings. The van der Waals surface area contributed by atoms with E-state index in [1.165, 1.54) is 13.0 Å². The Kier molecular flexibility index (Phi) is 5.71. The second-order valence-corrected chi connectivity index (χ2v) is 4.14. The quantitative estimate of drug-likeness (QED) is 0.745. The van der Waals surface area contributed by atoms with E-state index in [1.807, 2.05) is 0 Å². The molecule has 1 aromatic rings. The van der Waals surface area contributed by atoms with Crippen LogP contribution in [0.15, 0.2) is 18.2 Å². The van der Waals surface area contributed by atoms with Gasteiger partial charge in [-0.1, -0.05) is 0 Å². The summed E-state index contributed by atoms with van der Waals surface area (Å²) in [6.07, 6.45) is -0.382. The molecule has 0 unspecified atom stereocenters. The number of amides is 1. The van der Waals surface area contributed by atoms with Crippen LogP contribution in [-0.4, -0.2) is 29.4 Å². The van der Waals surface area contributed by atoms with Crippen LogP contribution >= 0.6 is 0 Å². The Morgan fingerprint density at radius 3 is 2.50 bits per heavy atom. The summed E-state index contributed by atoms with van der Waals surface area (Å²) in [6, 6.07) is 4.74. The molecular formula is C14H17NO5. The molecule has 0 aliphatic carbocycles. The van der Waals surface area contributed by atoms with Crippen molar-refractivity contribution in [2.75, 3.05) is 11.9 Å². The standard InChI is InChI=1S/C14H17NO5/c1-3-20-12-5-4-10(9(2)16)8-11(12)15-13(17)6-7-14(18)19/h4-5,8H,3,6-7H2,1-2H3,(H,15,17)(H,18,19). The number of ketones is 1. The van der Waals surface area contributed by atoms with Crippen LogP contribution in [0, 0.1) is 0 Å². The summed E-state index contributed by atoms with van der Waals surface area (Å²) in [5.74, 6) is -1.16. The molecule has 20 heavy (non-hydrogen) atoms. The smallest absolute Gasteiger partial charge is 0.303 e. The van der Waals surface area contributed by atoms with Gasteiger partial charge in [-0.3, -0.25) is 14.4 Å². The van der Waals surface area contributed by atoms with Gasteiger partial charge >= 0.3 is 5.97 Å². The zero-order valence-corrected chi connectivity index (χ0v) is 11.4. The van der Waals surface area contributed by atoms with E-state index in [-0.39, 0.29) is 18.6 Å². The second kappa shape index (κ2) is 7.28. The summed E-state index contributed by atoms with van der Waals surface area (Å²) in [7, 11) is 0. The van der Waals surface area contributed by atoms with Crippen molar-refractivity contribution < 1.29 is 24.2 Å². The van der Waals surface area contributed by atoms with Crippen LogP contribution < -0.4 is 10.1 Å². The first-order valence-corrected chi connectivity index (χ1v) is 6.23. The van der Waals surface area contributed by atoms with E-state index >= 15 is 0 Å². The number of hydrogen-bond acceptors (Lipinski definition) is 4. The second-order valence-electron chi connectivity index (χ2n) is 4.14. The molecule has 6 nitrogen and oxygen atoms in total. The van der Waals surface area contributed by atoms with Crippen molar-refractivity contribution in [1.29, 1.82) is 0 Å². The number of benzene rings is 1. The summed E-state index contributed by atoms with van der Waals surface area (Å²) in [4.78, 5) is 33.4. The van der Waals surface area contributed by atoms with Crippen molar-refractivity contribution in [3.05, 3.63) is 23.8 Å². The minimum Gasteiger partial charge on any atom is -0.492 e. The highest BCUT2D eigenvalue weighted by atomic mass is 16.5. The molecule has 1 amide bonds. The molecule has 0 heterocycles. The Labute approximate surface area is 116 Å². The van der Waals surface area contributed by atoms with E-state index in [0.717, 1.165) is 0 Å². The first-order chi connectivity index (χ1) is 9.43. The normalized spacial score (nSPS) is 9.90. The number of hydrogen-bond donors (Lipinski definition) is 2. The van der Waals surface area contributed by atoms with Gasteiger partial charge in [0.25, 0.3) is 0 Å². The minimum atomic E-state index is -1.04. The molecule has 0 saturated heterocycles. The maximum atomic E-state index is 11.6. The number of nitrogens with one attached hydrogen (secondary N) is 1. The van der Waals surface area contributed by atoms with Gasteiger partial charge in [0.1, 0.15) is 5.75 Å². The third kappa shape index (κ3) is 4.72. The van der Waals surface area contributed by atoms with E-state index in [1.54, 1.807) is 19.1 Å². The molecule has 108 valence electrons. The van der Waals surface area contributed by atoms with Crippen molar-refractivity contribution in [1.82, 2.24) is 0 Å². The van der Waals surface area contributed by atoms with E-state index in [9.17, 15) is 14.4 Å². The molecule has 6 heteroatoms. The van der Waals surface area contributed by atoms with Crippen LogP contribution in [0.3, 0.4) is 0 Å². The molecular weight excluding hydrogens is 262 g/mol. The van der Waals surface area contributed by atoms with Gasteiger partial charge in [-0.2, -0.15) is 0 Å². The highest BCUT2D eigenvalue weighted by Crippen LogP contribution is 2.26. The topological polar surface area (TPSA) is 92.7 Å². The average molecular weight is 279 g/mol. The molecule has 2 N–H and O–H groups in total. The highest BCUT2D eigenvalue weighted by Gasteiger charge is 2.11. The summed E-state index contributed by atoms with van der Waals surface area (Å²) >= 11 is 0. The van der Waals surface area contributed by atoms with Crippen molar-refractivity contribution in [2.24, 2.45) is 0 Å². The molecule has 0 spiro atoms. The van der Waals surface area contributed by atoms with Crippen molar-refractivity contribution in [2.45, 2.75) is 26.7 Å². The summed E-state index contributed by atoms with van der Waals surface area (Å²) in [5.41, 5.74) is 0.817.